The van der Waals surface area contributed by atoms with Crippen LogP contribution in [0.1, 0.15) is 16.8 Å². The van der Waals surface area contributed by atoms with E-state index in [0.29, 0.717) is 18.2 Å². The molecule has 6 heteroatoms. The van der Waals surface area contributed by atoms with Crippen molar-refractivity contribution in [3.63, 3.8) is 0 Å². The third-order valence-corrected chi connectivity index (χ3v) is 4.96. The van der Waals surface area contributed by atoms with Crippen molar-refractivity contribution in [3.8, 4) is 17.7 Å². The molecule has 5 nitrogen and oxygen atoms in total. The van der Waals surface area contributed by atoms with Gasteiger partial charge in [0.1, 0.15) is 17.6 Å². The van der Waals surface area contributed by atoms with Crippen molar-refractivity contribution >= 4 is 22.4 Å². The largest absolute Gasteiger partial charge is 0.474 e. The van der Waals surface area contributed by atoms with E-state index in [1.165, 1.54) is 5.56 Å². The Kier molecular flexibility index (Phi) is 5.12. The first-order valence-electron chi connectivity index (χ1n) is 8.66. The van der Waals surface area contributed by atoms with Crippen LogP contribution in [0.3, 0.4) is 0 Å². The lowest BCUT2D eigenvalue weighted by atomic mass is 10.1. The average Bonchev–Trinajstić information content (AvgIpc) is 3.32. The van der Waals surface area contributed by atoms with Crippen LogP contribution in [0.15, 0.2) is 35.0 Å². The fourth-order valence-electron chi connectivity index (χ4n) is 2.75. The second-order valence-corrected chi connectivity index (χ2v) is 7.00. The van der Waals surface area contributed by atoms with Gasteiger partial charge in [0, 0.05) is 42.6 Å². The molecule has 26 heavy (non-hydrogen) atoms. The van der Waals surface area contributed by atoms with Gasteiger partial charge in [0.25, 0.3) is 0 Å². The number of fused-ring (bicyclic) bond motifs is 1. The normalized spacial score (nSPS) is 14.3. The maximum Gasteiger partial charge on any atom is 0.249 e. The number of hydrogen-bond donors (Lipinski definition) is 1. The van der Waals surface area contributed by atoms with Gasteiger partial charge in [-0.3, -0.25) is 4.90 Å². The lowest BCUT2D eigenvalue weighted by Gasteiger charge is -2.14. The molecular weight excluding hydrogens is 344 g/mol. The molecule has 1 aromatic carbocycles. The highest BCUT2D eigenvalue weighted by atomic mass is 32.1. The molecule has 0 atom stereocenters. The Morgan fingerprint density at radius 1 is 1.15 bits per heavy atom. The van der Waals surface area contributed by atoms with Crippen LogP contribution in [0, 0.1) is 18.8 Å². The zero-order valence-corrected chi connectivity index (χ0v) is 15.5. The lowest BCUT2D eigenvalue weighted by Crippen LogP contribution is -2.27. The topological polar surface area (TPSA) is 50.3 Å². The van der Waals surface area contributed by atoms with Crippen LogP contribution in [-0.4, -0.2) is 47.8 Å². The molecule has 0 radical (unpaired) electrons. The van der Waals surface area contributed by atoms with Crippen molar-refractivity contribution in [1.82, 2.24) is 20.2 Å². The molecule has 0 saturated carbocycles. The van der Waals surface area contributed by atoms with E-state index < -0.39 is 0 Å². The molecule has 1 aliphatic rings. The Hall–Kier alpha value is -2.46. The molecule has 0 bridgehead atoms. The number of aromatic nitrogens is 2. The summed E-state index contributed by atoms with van der Waals surface area (Å²) in [6.07, 6.45) is 0. The van der Waals surface area contributed by atoms with Crippen LogP contribution in [0.4, 0.5) is 0 Å². The number of benzene rings is 1. The summed E-state index contributed by atoms with van der Waals surface area (Å²) < 4.78 is 5.94. The summed E-state index contributed by atoms with van der Waals surface area (Å²) in [7, 11) is 0. The first kappa shape index (κ1) is 17.0. The molecule has 1 fully saturated rings. The van der Waals surface area contributed by atoms with Crippen LogP contribution < -0.4 is 10.1 Å². The molecule has 0 aliphatic carbocycles. The molecule has 0 spiro atoms. The second-order valence-electron chi connectivity index (χ2n) is 6.26. The summed E-state index contributed by atoms with van der Waals surface area (Å²) in [6.45, 7) is 6.51. The van der Waals surface area contributed by atoms with Crippen molar-refractivity contribution in [2.75, 3.05) is 32.9 Å². The van der Waals surface area contributed by atoms with Gasteiger partial charge in [-0.05, 0) is 25.0 Å². The minimum Gasteiger partial charge on any atom is -0.474 e. The Labute approximate surface area is 157 Å². The van der Waals surface area contributed by atoms with E-state index in [2.05, 4.69) is 51.1 Å². The van der Waals surface area contributed by atoms with E-state index >= 15 is 0 Å². The fourth-order valence-corrected chi connectivity index (χ4v) is 3.42. The molecule has 1 aliphatic heterocycles. The standard InChI is InChI=1S/C20H20N4OS/c1-15-2-4-16(5-3-15)6-7-17-20(23-19-13-26-12-18(19)22-17)25-11-10-24-9-8-21-14-24/h2-5,12-13,21H,8-11,14H2,1H3. The quantitative estimate of drug-likeness (QED) is 0.722. The zero-order chi connectivity index (χ0) is 17.8. The summed E-state index contributed by atoms with van der Waals surface area (Å²) in [5.41, 5.74) is 4.48. The predicted molar refractivity (Wildman–Crippen MR) is 105 cm³/mol. The van der Waals surface area contributed by atoms with Crippen LogP contribution in [0.2, 0.25) is 0 Å². The molecule has 3 aromatic rings. The molecule has 0 amide bonds. The second kappa shape index (κ2) is 7.83. The van der Waals surface area contributed by atoms with Gasteiger partial charge in [-0.1, -0.05) is 23.6 Å². The highest BCUT2D eigenvalue weighted by Gasteiger charge is 2.13. The summed E-state index contributed by atoms with van der Waals surface area (Å²) >= 11 is 1.59. The molecule has 0 unspecified atom stereocenters. The summed E-state index contributed by atoms with van der Waals surface area (Å²) in [4.78, 5) is 11.6. The molecule has 2 aromatic heterocycles. The number of aryl methyl sites for hydroxylation is 1. The van der Waals surface area contributed by atoms with E-state index in [9.17, 15) is 0 Å². The van der Waals surface area contributed by atoms with E-state index in [1.807, 2.05) is 22.9 Å². The molecule has 1 saturated heterocycles. The molecule has 4 rings (SSSR count). The van der Waals surface area contributed by atoms with Gasteiger partial charge in [-0.2, -0.15) is 0 Å². The van der Waals surface area contributed by atoms with Crippen molar-refractivity contribution in [2.24, 2.45) is 0 Å². The Bertz CT molecular complexity index is 949. The average molecular weight is 364 g/mol. The number of nitrogens with zero attached hydrogens (tertiary/aromatic N) is 3. The van der Waals surface area contributed by atoms with E-state index in [1.54, 1.807) is 11.3 Å². The van der Waals surface area contributed by atoms with Crippen LogP contribution in [-0.2, 0) is 0 Å². The Morgan fingerprint density at radius 3 is 2.73 bits per heavy atom. The summed E-state index contributed by atoms with van der Waals surface area (Å²) in [5.74, 6) is 6.82. The maximum absolute atomic E-state index is 5.94. The molecule has 132 valence electrons. The monoisotopic (exact) mass is 364 g/mol. The van der Waals surface area contributed by atoms with Crippen molar-refractivity contribution in [3.05, 3.63) is 51.8 Å². The zero-order valence-electron chi connectivity index (χ0n) is 14.7. The van der Waals surface area contributed by atoms with Gasteiger partial charge in [-0.15, -0.1) is 11.3 Å². The van der Waals surface area contributed by atoms with Crippen molar-refractivity contribution < 1.29 is 4.74 Å². The third-order valence-electron chi connectivity index (χ3n) is 4.24. The number of nitrogens with one attached hydrogen (secondary N) is 1. The first-order chi connectivity index (χ1) is 12.8. The minimum absolute atomic E-state index is 0.516. The van der Waals surface area contributed by atoms with Crippen molar-refractivity contribution in [1.29, 1.82) is 0 Å². The van der Waals surface area contributed by atoms with Gasteiger partial charge in [-0.25, -0.2) is 9.97 Å². The van der Waals surface area contributed by atoms with E-state index in [4.69, 9.17) is 4.74 Å². The van der Waals surface area contributed by atoms with Crippen LogP contribution in [0.25, 0.3) is 11.0 Å². The smallest absolute Gasteiger partial charge is 0.249 e. The number of hydrogen-bond acceptors (Lipinski definition) is 6. The third kappa shape index (κ3) is 4.02. The SMILES string of the molecule is Cc1ccc(C#Cc2nc3cscc3nc2OCCN2CCNC2)cc1. The first-order valence-corrected chi connectivity index (χ1v) is 9.61. The fraction of sp³-hybridized carbons (Fsp3) is 0.300. The Morgan fingerprint density at radius 2 is 1.96 bits per heavy atom. The summed E-state index contributed by atoms with van der Waals surface area (Å²) in [5, 5.41) is 7.29. The minimum atomic E-state index is 0.516. The van der Waals surface area contributed by atoms with Gasteiger partial charge in [0.2, 0.25) is 5.88 Å². The molecular formula is C20H20N4OS. The summed E-state index contributed by atoms with van der Waals surface area (Å²) in [6, 6.07) is 8.14. The molecule has 1 N–H and O–H groups in total. The van der Waals surface area contributed by atoms with Crippen molar-refractivity contribution in [2.45, 2.75) is 6.92 Å². The van der Waals surface area contributed by atoms with Gasteiger partial charge >= 0.3 is 0 Å². The molecule has 3 heterocycles. The number of rotatable bonds is 4. The highest BCUT2D eigenvalue weighted by molar-refractivity contribution is 7.09. The van der Waals surface area contributed by atoms with E-state index in [0.717, 1.165) is 42.9 Å². The lowest BCUT2D eigenvalue weighted by molar-refractivity contribution is 0.230. The van der Waals surface area contributed by atoms with Crippen LogP contribution in [0.5, 0.6) is 5.88 Å². The van der Waals surface area contributed by atoms with Gasteiger partial charge in [0.05, 0.1) is 0 Å². The number of thiophene rings is 1. The van der Waals surface area contributed by atoms with Crippen LogP contribution >= 0.6 is 11.3 Å². The van der Waals surface area contributed by atoms with Gasteiger partial charge in [0.15, 0.2) is 5.69 Å². The maximum atomic E-state index is 5.94. The van der Waals surface area contributed by atoms with Gasteiger partial charge < -0.3 is 10.1 Å². The van der Waals surface area contributed by atoms with E-state index in [-0.39, 0.29) is 0 Å². The Balaban J connectivity index is 1.56. The highest BCUT2D eigenvalue weighted by Crippen LogP contribution is 2.21. The number of ether oxygens (including phenoxy) is 1. The predicted octanol–water partition coefficient (Wildman–Crippen LogP) is 2.64.